The number of rotatable bonds is 7. The monoisotopic (exact) mass is 457 g/mol. The molecule has 0 aliphatic carbocycles. The number of Topliss-reactive ketones (excluding diaryl/α,β-unsaturated/α-hetero) is 1. The van der Waals surface area contributed by atoms with E-state index in [-0.39, 0.29) is 18.2 Å². The highest BCUT2D eigenvalue weighted by Gasteiger charge is 2.48. The van der Waals surface area contributed by atoms with Crippen LogP contribution in [0.5, 0.6) is 0 Å². The van der Waals surface area contributed by atoms with Gasteiger partial charge in [-0.25, -0.2) is 0 Å². The fourth-order valence-electron chi connectivity index (χ4n) is 4.53. The summed E-state index contributed by atoms with van der Waals surface area (Å²) >= 11 is 7.70. The van der Waals surface area contributed by atoms with Crippen molar-refractivity contribution < 1.29 is 24.9 Å². The smallest absolute Gasteiger partial charge is 0.155 e. The summed E-state index contributed by atoms with van der Waals surface area (Å²) in [7, 11) is 0. The summed E-state index contributed by atoms with van der Waals surface area (Å²) in [6.45, 7) is 2.60. The minimum atomic E-state index is -1.34. The molecule has 3 N–H and O–H groups in total. The van der Waals surface area contributed by atoms with E-state index in [0.717, 1.165) is 31.5 Å². The summed E-state index contributed by atoms with van der Waals surface area (Å²) in [5.74, 6) is -0.418. The molecule has 168 valence electrons. The molecule has 8 heteroatoms. The third-order valence-electron chi connectivity index (χ3n) is 6.25. The van der Waals surface area contributed by atoms with Gasteiger partial charge in [0.2, 0.25) is 0 Å². The van der Waals surface area contributed by atoms with E-state index in [9.17, 15) is 20.1 Å². The number of carbonyl (C=O) groups is 1. The number of ketones is 1. The molecule has 0 amide bonds. The summed E-state index contributed by atoms with van der Waals surface area (Å²) in [4.78, 5) is 15.5. The van der Waals surface area contributed by atoms with Crippen molar-refractivity contribution in [3.05, 3.63) is 30.3 Å². The average Bonchev–Trinajstić information content (AvgIpc) is 2.77. The van der Waals surface area contributed by atoms with Gasteiger partial charge in [0.25, 0.3) is 0 Å². The van der Waals surface area contributed by atoms with Crippen LogP contribution in [0, 0.1) is 5.92 Å². The Kier molecular flexibility index (Phi) is 8.46. The van der Waals surface area contributed by atoms with Crippen molar-refractivity contribution in [1.29, 1.82) is 0 Å². The number of hydrogen-bond donors (Lipinski definition) is 3. The molecular formula is C22H32ClNO5S. The van der Waals surface area contributed by atoms with Gasteiger partial charge in [0, 0.05) is 29.9 Å². The Morgan fingerprint density at radius 3 is 2.53 bits per heavy atom. The number of hydrogen-bond acceptors (Lipinski definition) is 7. The normalized spacial score (nSPS) is 34.4. The lowest BCUT2D eigenvalue weighted by molar-refractivity contribution is -0.211. The van der Waals surface area contributed by atoms with Gasteiger partial charge in [0.1, 0.15) is 23.7 Å². The maximum Gasteiger partial charge on any atom is 0.155 e. The Labute approximate surface area is 187 Å². The van der Waals surface area contributed by atoms with Crippen LogP contribution in [0.4, 0.5) is 5.69 Å². The number of thioether (sulfide) groups is 1. The third-order valence-corrected chi connectivity index (χ3v) is 7.43. The fourth-order valence-corrected chi connectivity index (χ4v) is 5.44. The van der Waals surface area contributed by atoms with E-state index >= 15 is 0 Å². The van der Waals surface area contributed by atoms with Crippen LogP contribution in [0.1, 0.15) is 32.6 Å². The minimum Gasteiger partial charge on any atom is -0.388 e. The van der Waals surface area contributed by atoms with E-state index in [1.54, 1.807) is 13.2 Å². The molecule has 2 fully saturated rings. The number of aliphatic hydroxyl groups excluding tert-OH is 3. The summed E-state index contributed by atoms with van der Waals surface area (Å²) in [6, 6.07) is 9.68. The van der Waals surface area contributed by atoms with Gasteiger partial charge in [0.05, 0.1) is 12.1 Å². The van der Waals surface area contributed by atoms with Crippen molar-refractivity contribution in [2.45, 2.75) is 73.9 Å². The Bertz CT molecular complexity index is 691. The van der Waals surface area contributed by atoms with Crippen molar-refractivity contribution in [3.8, 4) is 0 Å². The van der Waals surface area contributed by atoms with Gasteiger partial charge in [-0.3, -0.25) is 4.79 Å². The van der Waals surface area contributed by atoms with Crippen molar-refractivity contribution in [1.82, 2.24) is 0 Å². The molecule has 0 spiro atoms. The zero-order chi connectivity index (χ0) is 21.8. The van der Waals surface area contributed by atoms with E-state index in [0.29, 0.717) is 0 Å². The Morgan fingerprint density at radius 2 is 1.90 bits per heavy atom. The number of alkyl halides is 1. The Balaban J connectivity index is 1.77. The first kappa shape index (κ1) is 23.8. The predicted octanol–water partition coefficient (Wildman–Crippen LogP) is 2.42. The number of ether oxygens (including phenoxy) is 1. The number of aliphatic hydroxyl groups is 3. The van der Waals surface area contributed by atoms with Gasteiger partial charge in [0.15, 0.2) is 5.78 Å². The lowest BCUT2D eigenvalue weighted by Gasteiger charge is -2.44. The van der Waals surface area contributed by atoms with Crippen molar-refractivity contribution in [2.24, 2.45) is 5.92 Å². The first-order chi connectivity index (χ1) is 14.3. The number of benzene rings is 1. The van der Waals surface area contributed by atoms with Crippen LogP contribution < -0.4 is 4.90 Å². The van der Waals surface area contributed by atoms with E-state index in [2.05, 4.69) is 4.90 Å². The lowest BCUT2D eigenvalue weighted by atomic mass is 9.83. The van der Waals surface area contributed by atoms with Crippen molar-refractivity contribution in [2.75, 3.05) is 17.7 Å². The molecule has 2 saturated heterocycles. The number of anilines is 1. The third kappa shape index (κ3) is 5.14. The number of halogens is 1. The van der Waals surface area contributed by atoms with Crippen LogP contribution in [0.25, 0.3) is 0 Å². The van der Waals surface area contributed by atoms with Crippen LogP contribution in [-0.2, 0) is 9.53 Å². The average molecular weight is 458 g/mol. The molecule has 2 unspecified atom stereocenters. The maximum absolute atomic E-state index is 13.4. The molecule has 0 aromatic heterocycles. The SMILES string of the molecule is CS[C@H]1OC([C@@H](CC(=O)C2CCCCN2c2ccccc2)[C@H](C)Cl)[C@H](O)[C@H](O)[C@H]1O. The van der Waals surface area contributed by atoms with E-state index in [4.69, 9.17) is 16.3 Å². The van der Waals surface area contributed by atoms with E-state index < -0.39 is 41.1 Å². The van der Waals surface area contributed by atoms with Gasteiger partial charge < -0.3 is 25.0 Å². The summed E-state index contributed by atoms with van der Waals surface area (Å²) in [5, 5.41) is 30.5. The molecular weight excluding hydrogens is 426 g/mol. The second-order valence-electron chi connectivity index (χ2n) is 8.23. The molecule has 30 heavy (non-hydrogen) atoms. The largest absolute Gasteiger partial charge is 0.388 e. The first-order valence-electron chi connectivity index (χ1n) is 10.6. The molecule has 6 nitrogen and oxygen atoms in total. The van der Waals surface area contributed by atoms with Crippen LogP contribution in [-0.4, -0.2) is 75.2 Å². The summed E-state index contributed by atoms with van der Waals surface area (Å²) in [5.41, 5.74) is 0.345. The zero-order valence-corrected chi connectivity index (χ0v) is 19.0. The molecule has 0 radical (unpaired) electrons. The van der Waals surface area contributed by atoms with Gasteiger partial charge in [-0.1, -0.05) is 18.2 Å². The highest BCUT2D eigenvalue weighted by atomic mass is 35.5. The second-order valence-corrected chi connectivity index (χ2v) is 9.85. The number of piperidine rings is 1. The van der Waals surface area contributed by atoms with Gasteiger partial charge in [-0.15, -0.1) is 23.4 Å². The zero-order valence-electron chi connectivity index (χ0n) is 17.4. The molecule has 0 saturated carbocycles. The summed E-state index contributed by atoms with van der Waals surface area (Å²) < 4.78 is 5.91. The van der Waals surface area contributed by atoms with Crippen LogP contribution in [0.15, 0.2) is 30.3 Å². The Morgan fingerprint density at radius 1 is 1.20 bits per heavy atom. The lowest BCUT2D eigenvalue weighted by Crippen LogP contribution is -2.59. The highest BCUT2D eigenvalue weighted by molar-refractivity contribution is 7.99. The summed E-state index contributed by atoms with van der Waals surface area (Å²) in [6.07, 6.45) is 0.0414. The van der Waals surface area contributed by atoms with E-state index in [1.807, 2.05) is 30.3 Å². The van der Waals surface area contributed by atoms with Crippen LogP contribution in [0.3, 0.4) is 0 Å². The maximum atomic E-state index is 13.4. The second kappa shape index (κ2) is 10.7. The van der Waals surface area contributed by atoms with Gasteiger partial charge in [-0.2, -0.15) is 0 Å². The molecule has 2 aliphatic rings. The molecule has 8 atom stereocenters. The van der Waals surface area contributed by atoms with E-state index in [1.165, 1.54) is 11.8 Å². The number of carbonyl (C=O) groups excluding carboxylic acids is 1. The molecule has 2 heterocycles. The predicted molar refractivity (Wildman–Crippen MR) is 120 cm³/mol. The van der Waals surface area contributed by atoms with Crippen LogP contribution >= 0.6 is 23.4 Å². The minimum absolute atomic E-state index is 0.0631. The molecule has 0 bridgehead atoms. The molecule has 3 rings (SSSR count). The molecule has 2 aliphatic heterocycles. The quantitative estimate of drug-likeness (QED) is 0.541. The first-order valence-corrected chi connectivity index (χ1v) is 12.3. The fraction of sp³-hybridized carbons (Fsp3) is 0.682. The van der Waals surface area contributed by atoms with Gasteiger partial charge >= 0.3 is 0 Å². The molecule has 1 aromatic carbocycles. The Hall–Kier alpha value is -0.830. The topological polar surface area (TPSA) is 90.2 Å². The number of nitrogens with zero attached hydrogens (tertiary/aromatic N) is 1. The van der Waals surface area contributed by atoms with Gasteiger partial charge in [-0.05, 0) is 44.6 Å². The standard InChI is InChI=1S/C22H32ClNO5S/c1-13(23)15(21-19(27)18(26)20(28)22(29-21)30-2)12-17(25)16-10-6-7-11-24(16)14-8-4-3-5-9-14/h3-5,8-9,13,15-16,18-22,26-28H,6-7,10-12H2,1-2H3/t13-,15-,16?,18-,19+,20+,21?,22+/m0/s1. The highest BCUT2D eigenvalue weighted by Crippen LogP contribution is 2.35. The van der Waals surface area contributed by atoms with Crippen molar-refractivity contribution >= 4 is 34.8 Å². The molecule has 1 aromatic rings. The number of para-hydroxylation sites is 1. The van der Waals surface area contributed by atoms with Crippen LogP contribution in [0.2, 0.25) is 0 Å². The van der Waals surface area contributed by atoms with Crippen molar-refractivity contribution in [3.63, 3.8) is 0 Å².